The molecule has 0 unspecified atom stereocenters. The van der Waals surface area contributed by atoms with Gasteiger partial charge in [-0.15, -0.1) is 0 Å². The van der Waals surface area contributed by atoms with Crippen molar-refractivity contribution in [3.63, 3.8) is 0 Å². The quantitative estimate of drug-likeness (QED) is 0.682. The Morgan fingerprint density at radius 1 is 1.64 bits per heavy atom. The molecule has 11 heavy (non-hydrogen) atoms. The first-order valence-corrected chi connectivity index (χ1v) is 4.74. The minimum Gasteiger partial charge on any atom is -0.268 e. The molecule has 0 saturated carbocycles. The van der Waals surface area contributed by atoms with Crippen LogP contribution in [0.1, 0.15) is 25.3 Å². The van der Waals surface area contributed by atoms with E-state index in [1.165, 1.54) is 11.5 Å². The van der Waals surface area contributed by atoms with Crippen molar-refractivity contribution in [3.05, 3.63) is 21.3 Å². The lowest BCUT2D eigenvalue weighted by molar-refractivity contribution is 0.656. The van der Waals surface area contributed by atoms with Crippen LogP contribution in [0.5, 0.6) is 0 Å². The van der Waals surface area contributed by atoms with Gasteiger partial charge in [0.15, 0.2) is 0 Å². The van der Waals surface area contributed by atoms with Gasteiger partial charge in [0.2, 0.25) is 0 Å². The maximum absolute atomic E-state index is 11.2. The van der Waals surface area contributed by atoms with Gasteiger partial charge >= 0.3 is 0 Å². The van der Waals surface area contributed by atoms with Crippen molar-refractivity contribution in [3.8, 4) is 0 Å². The summed E-state index contributed by atoms with van der Waals surface area (Å²) in [5, 5.41) is 1.91. The normalized spacial score (nSPS) is 10.4. The van der Waals surface area contributed by atoms with Gasteiger partial charge in [0.05, 0.1) is 0 Å². The van der Waals surface area contributed by atoms with E-state index < -0.39 is 0 Å². The lowest BCUT2D eigenvalue weighted by Gasteiger charge is -1.95. The molecule has 62 valence electrons. The standard InChI is InChI=1S/C8H13NOS/c1-3-4-5-9-8(10)7(2)6-11-9/h6H,3-5H2,1-2H3. The van der Waals surface area contributed by atoms with Crippen LogP contribution in [0, 0.1) is 6.92 Å². The van der Waals surface area contributed by atoms with Crippen LogP contribution in [0.2, 0.25) is 0 Å². The summed E-state index contributed by atoms with van der Waals surface area (Å²) in [4.78, 5) is 11.2. The number of rotatable bonds is 3. The number of unbranched alkanes of at least 4 members (excludes halogenated alkanes) is 1. The highest BCUT2D eigenvalue weighted by Crippen LogP contribution is 2.01. The van der Waals surface area contributed by atoms with Crippen LogP contribution in [0.3, 0.4) is 0 Å². The van der Waals surface area contributed by atoms with Gasteiger partial charge in [-0.05, 0) is 13.3 Å². The van der Waals surface area contributed by atoms with Gasteiger partial charge in [0.25, 0.3) is 5.56 Å². The molecule has 0 aliphatic rings. The molecular weight excluding hydrogens is 158 g/mol. The molecule has 0 fully saturated rings. The summed E-state index contributed by atoms with van der Waals surface area (Å²) in [6, 6.07) is 0. The van der Waals surface area contributed by atoms with E-state index in [0.717, 1.165) is 24.9 Å². The van der Waals surface area contributed by atoms with Crippen molar-refractivity contribution >= 4 is 11.5 Å². The lowest BCUT2D eigenvalue weighted by atomic mass is 10.3. The van der Waals surface area contributed by atoms with Crippen molar-refractivity contribution < 1.29 is 0 Å². The summed E-state index contributed by atoms with van der Waals surface area (Å²) in [6.07, 6.45) is 2.24. The van der Waals surface area contributed by atoms with Crippen molar-refractivity contribution in [1.82, 2.24) is 3.96 Å². The Labute approximate surface area is 70.6 Å². The first-order chi connectivity index (χ1) is 5.25. The summed E-state index contributed by atoms with van der Waals surface area (Å²) in [5.41, 5.74) is 1.05. The fourth-order valence-corrected chi connectivity index (χ4v) is 1.75. The zero-order valence-corrected chi connectivity index (χ0v) is 7.78. The lowest BCUT2D eigenvalue weighted by Crippen LogP contribution is -2.14. The van der Waals surface area contributed by atoms with E-state index in [2.05, 4.69) is 6.92 Å². The molecule has 0 radical (unpaired) electrons. The van der Waals surface area contributed by atoms with E-state index in [1.807, 2.05) is 16.3 Å². The van der Waals surface area contributed by atoms with Gasteiger partial charge in [0.1, 0.15) is 0 Å². The van der Waals surface area contributed by atoms with Gasteiger partial charge in [-0.25, -0.2) is 0 Å². The molecule has 2 nitrogen and oxygen atoms in total. The zero-order valence-electron chi connectivity index (χ0n) is 6.96. The Kier molecular flexibility index (Phi) is 2.88. The Morgan fingerprint density at radius 2 is 2.36 bits per heavy atom. The fourth-order valence-electron chi connectivity index (χ4n) is 0.894. The van der Waals surface area contributed by atoms with Crippen LogP contribution in [0.4, 0.5) is 0 Å². The van der Waals surface area contributed by atoms with E-state index in [1.54, 1.807) is 0 Å². The number of hydrogen-bond donors (Lipinski definition) is 0. The second-order valence-electron chi connectivity index (χ2n) is 2.67. The smallest absolute Gasteiger partial charge is 0.263 e. The van der Waals surface area contributed by atoms with E-state index >= 15 is 0 Å². The van der Waals surface area contributed by atoms with Crippen LogP contribution in [-0.4, -0.2) is 3.96 Å². The molecular formula is C8H13NOS. The third-order valence-corrected chi connectivity index (χ3v) is 2.70. The number of nitrogens with zero attached hydrogens (tertiary/aromatic N) is 1. The molecule has 0 aromatic carbocycles. The SMILES string of the molecule is CCCCn1scc(C)c1=O. The summed E-state index contributed by atoms with van der Waals surface area (Å²) in [5.74, 6) is 0. The summed E-state index contributed by atoms with van der Waals surface area (Å²) >= 11 is 1.52. The molecule has 1 aromatic heterocycles. The first kappa shape index (κ1) is 8.53. The van der Waals surface area contributed by atoms with Gasteiger partial charge in [-0.3, -0.25) is 8.75 Å². The Hall–Kier alpha value is -0.570. The molecule has 0 aliphatic heterocycles. The minimum absolute atomic E-state index is 0.184. The molecule has 0 atom stereocenters. The van der Waals surface area contributed by atoms with Crippen LogP contribution in [0.15, 0.2) is 10.2 Å². The Balaban J connectivity index is 2.71. The second kappa shape index (κ2) is 3.72. The molecule has 0 bridgehead atoms. The van der Waals surface area contributed by atoms with Crippen LogP contribution in [0.25, 0.3) is 0 Å². The van der Waals surface area contributed by atoms with Gasteiger partial charge in [0, 0.05) is 17.5 Å². The van der Waals surface area contributed by atoms with E-state index in [0.29, 0.717) is 0 Å². The highest BCUT2D eigenvalue weighted by Gasteiger charge is 1.99. The van der Waals surface area contributed by atoms with Crippen molar-refractivity contribution in [2.75, 3.05) is 0 Å². The van der Waals surface area contributed by atoms with Crippen LogP contribution < -0.4 is 5.56 Å². The molecule has 0 N–H and O–H groups in total. The maximum Gasteiger partial charge on any atom is 0.263 e. The second-order valence-corrected chi connectivity index (χ2v) is 3.55. The van der Waals surface area contributed by atoms with Crippen molar-refractivity contribution in [2.45, 2.75) is 33.2 Å². The van der Waals surface area contributed by atoms with E-state index in [-0.39, 0.29) is 5.56 Å². The number of aromatic nitrogens is 1. The van der Waals surface area contributed by atoms with Gasteiger partial charge in [-0.2, -0.15) is 0 Å². The fraction of sp³-hybridized carbons (Fsp3) is 0.625. The van der Waals surface area contributed by atoms with E-state index in [9.17, 15) is 4.79 Å². The maximum atomic E-state index is 11.2. The summed E-state index contributed by atoms with van der Waals surface area (Å²) < 4.78 is 1.82. The third kappa shape index (κ3) is 1.93. The predicted molar refractivity (Wildman–Crippen MR) is 48.2 cm³/mol. The highest BCUT2D eigenvalue weighted by molar-refractivity contribution is 7.04. The monoisotopic (exact) mass is 171 g/mol. The summed E-state index contributed by atoms with van der Waals surface area (Å²) in [6.45, 7) is 4.88. The molecule has 0 saturated heterocycles. The molecule has 0 aliphatic carbocycles. The van der Waals surface area contributed by atoms with Gasteiger partial charge in [-0.1, -0.05) is 24.9 Å². The average Bonchev–Trinajstić information content (AvgIpc) is 2.31. The Bertz CT molecular complexity index is 274. The topological polar surface area (TPSA) is 22.0 Å². The summed E-state index contributed by atoms with van der Waals surface area (Å²) in [7, 11) is 0. The molecule has 0 spiro atoms. The Morgan fingerprint density at radius 3 is 2.82 bits per heavy atom. The van der Waals surface area contributed by atoms with E-state index in [4.69, 9.17) is 0 Å². The zero-order chi connectivity index (χ0) is 8.27. The molecule has 1 rings (SSSR count). The van der Waals surface area contributed by atoms with Crippen molar-refractivity contribution in [2.24, 2.45) is 0 Å². The molecule has 1 aromatic rings. The molecule has 3 heteroatoms. The number of aryl methyl sites for hydroxylation is 2. The van der Waals surface area contributed by atoms with Crippen LogP contribution >= 0.6 is 11.5 Å². The molecule has 0 amide bonds. The highest BCUT2D eigenvalue weighted by atomic mass is 32.1. The van der Waals surface area contributed by atoms with Gasteiger partial charge < -0.3 is 0 Å². The first-order valence-electron chi connectivity index (χ1n) is 3.91. The van der Waals surface area contributed by atoms with Crippen LogP contribution in [-0.2, 0) is 6.54 Å². The number of hydrogen-bond acceptors (Lipinski definition) is 2. The predicted octanol–water partition coefficient (Wildman–Crippen LogP) is 2.02. The minimum atomic E-state index is 0.184. The third-order valence-electron chi connectivity index (χ3n) is 1.64. The molecule has 1 heterocycles. The van der Waals surface area contributed by atoms with Crippen molar-refractivity contribution in [1.29, 1.82) is 0 Å². The largest absolute Gasteiger partial charge is 0.268 e. The average molecular weight is 171 g/mol.